The summed E-state index contributed by atoms with van der Waals surface area (Å²) in [6.45, 7) is 4.04. The van der Waals surface area contributed by atoms with Gasteiger partial charge in [0.25, 0.3) is 0 Å². The molecule has 2 N–H and O–H groups in total. The van der Waals surface area contributed by atoms with Crippen molar-refractivity contribution in [3.05, 3.63) is 39.9 Å². The SMILES string of the molecule is C/C(=C\c1cccc(Br)c1)C(C)N. The van der Waals surface area contributed by atoms with Crippen LogP contribution in [-0.4, -0.2) is 6.04 Å². The van der Waals surface area contributed by atoms with Crippen LogP contribution in [0, 0.1) is 0 Å². The lowest BCUT2D eigenvalue weighted by Gasteiger charge is -2.05. The van der Waals surface area contributed by atoms with Crippen molar-refractivity contribution in [2.24, 2.45) is 5.73 Å². The van der Waals surface area contributed by atoms with E-state index in [2.05, 4.69) is 34.1 Å². The number of halogens is 1. The van der Waals surface area contributed by atoms with E-state index >= 15 is 0 Å². The Morgan fingerprint density at radius 3 is 2.77 bits per heavy atom. The van der Waals surface area contributed by atoms with E-state index in [4.69, 9.17) is 5.73 Å². The molecule has 1 aromatic rings. The van der Waals surface area contributed by atoms with Gasteiger partial charge in [0.15, 0.2) is 0 Å². The maximum absolute atomic E-state index is 5.74. The molecule has 0 aliphatic heterocycles. The summed E-state index contributed by atoms with van der Waals surface area (Å²) in [7, 11) is 0. The van der Waals surface area contributed by atoms with E-state index in [0.717, 1.165) is 4.47 Å². The Kier molecular flexibility index (Phi) is 3.70. The maximum atomic E-state index is 5.74. The molecule has 13 heavy (non-hydrogen) atoms. The molecule has 0 saturated heterocycles. The smallest absolute Gasteiger partial charge is 0.0225 e. The lowest BCUT2D eigenvalue weighted by atomic mass is 10.1. The number of benzene rings is 1. The Morgan fingerprint density at radius 1 is 1.54 bits per heavy atom. The second kappa shape index (κ2) is 4.58. The maximum Gasteiger partial charge on any atom is 0.0225 e. The Morgan fingerprint density at radius 2 is 2.23 bits per heavy atom. The Bertz CT molecular complexity index is 316. The Balaban J connectivity index is 2.91. The van der Waals surface area contributed by atoms with Crippen LogP contribution in [0.3, 0.4) is 0 Å². The minimum absolute atomic E-state index is 0.124. The molecule has 0 aliphatic carbocycles. The molecule has 0 amide bonds. The van der Waals surface area contributed by atoms with Gasteiger partial charge in [-0.25, -0.2) is 0 Å². The zero-order valence-electron chi connectivity index (χ0n) is 7.92. The van der Waals surface area contributed by atoms with Crippen LogP contribution in [0.4, 0.5) is 0 Å². The summed E-state index contributed by atoms with van der Waals surface area (Å²) in [6.07, 6.45) is 2.11. The zero-order chi connectivity index (χ0) is 9.84. The quantitative estimate of drug-likeness (QED) is 0.843. The average molecular weight is 240 g/mol. The van der Waals surface area contributed by atoms with Gasteiger partial charge in [-0.2, -0.15) is 0 Å². The molecule has 1 unspecified atom stereocenters. The first-order chi connectivity index (χ1) is 6.09. The number of rotatable bonds is 2. The van der Waals surface area contributed by atoms with Gasteiger partial charge in [-0.3, -0.25) is 0 Å². The predicted octanol–water partition coefficient (Wildman–Crippen LogP) is 3.20. The van der Waals surface area contributed by atoms with E-state index in [1.807, 2.05) is 26.0 Å². The van der Waals surface area contributed by atoms with Crippen LogP contribution < -0.4 is 5.73 Å². The van der Waals surface area contributed by atoms with Gasteiger partial charge < -0.3 is 5.73 Å². The molecule has 0 radical (unpaired) electrons. The first kappa shape index (κ1) is 10.5. The van der Waals surface area contributed by atoms with Gasteiger partial charge in [-0.1, -0.05) is 39.7 Å². The molecular formula is C11H14BrN. The van der Waals surface area contributed by atoms with E-state index in [0.29, 0.717) is 0 Å². The highest BCUT2D eigenvalue weighted by molar-refractivity contribution is 9.10. The molecule has 0 aliphatic rings. The fraction of sp³-hybridized carbons (Fsp3) is 0.273. The monoisotopic (exact) mass is 239 g/mol. The van der Waals surface area contributed by atoms with Crippen molar-refractivity contribution in [2.45, 2.75) is 19.9 Å². The highest BCUT2D eigenvalue weighted by Crippen LogP contribution is 2.14. The third kappa shape index (κ3) is 3.33. The lowest BCUT2D eigenvalue weighted by Crippen LogP contribution is -2.15. The van der Waals surface area contributed by atoms with E-state index < -0.39 is 0 Å². The molecule has 0 bridgehead atoms. The Hall–Kier alpha value is -0.600. The van der Waals surface area contributed by atoms with Crippen LogP contribution >= 0.6 is 15.9 Å². The molecular weight excluding hydrogens is 226 g/mol. The average Bonchev–Trinajstić information content (AvgIpc) is 2.04. The van der Waals surface area contributed by atoms with Gasteiger partial charge in [-0.15, -0.1) is 0 Å². The first-order valence-corrected chi connectivity index (χ1v) is 5.08. The molecule has 0 saturated carbocycles. The topological polar surface area (TPSA) is 26.0 Å². The summed E-state index contributed by atoms with van der Waals surface area (Å²) in [5, 5.41) is 0. The normalized spacial score (nSPS) is 14.3. The van der Waals surface area contributed by atoms with Gasteiger partial charge in [0, 0.05) is 10.5 Å². The molecule has 1 rings (SSSR count). The van der Waals surface area contributed by atoms with Crippen LogP contribution in [0.1, 0.15) is 19.4 Å². The van der Waals surface area contributed by atoms with Crippen molar-refractivity contribution in [3.63, 3.8) is 0 Å². The van der Waals surface area contributed by atoms with Gasteiger partial charge >= 0.3 is 0 Å². The molecule has 1 aromatic carbocycles. The molecule has 2 heteroatoms. The molecule has 0 heterocycles. The summed E-state index contributed by atoms with van der Waals surface area (Å²) in [6, 6.07) is 8.30. The van der Waals surface area contributed by atoms with E-state index in [-0.39, 0.29) is 6.04 Å². The number of hydrogen-bond acceptors (Lipinski definition) is 1. The van der Waals surface area contributed by atoms with Gasteiger partial charge in [0.05, 0.1) is 0 Å². The van der Waals surface area contributed by atoms with Crippen LogP contribution in [0.5, 0.6) is 0 Å². The molecule has 70 valence electrons. The van der Waals surface area contributed by atoms with E-state index in [1.54, 1.807) is 0 Å². The van der Waals surface area contributed by atoms with Crippen molar-refractivity contribution in [1.82, 2.24) is 0 Å². The first-order valence-electron chi connectivity index (χ1n) is 4.29. The molecule has 0 aromatic heterocycles. The van der Waals surface area contributed by atoms with Crippen molar-refractivity contribution >= 4 is 22.0 Å². The zero-order valence-corrected chi connectivity index (χ0v) is 9.51. The van der Waals surface area contributed by atoms with Crippen LogP contribution in [0.25, 0.3) is 6.08 Å². The van der Waals surface area contributed by atoms with Crippen molar-refractivity contribution < 1.29 is 0 Å². The van der Waals surface area contributed by atoms with Crippen LogP contribution in [0.2, 0.25) is 0 Å². The Labute approximate surface area is 87.8 Å². The third-order valence-corrected chi connectivity index (χ3v) is 2.45. The highest BCUT2D eigenvalue weighted by Gasteiger charge is 1.96. The fourth-order valence-corrected chi connectivity index (χ4v) is 1.41. The summed E-state index contributed by atoms with van der Waals surface area (Å²) < 4.78 is 1.10. The summed E-state index contributed by atoms with van der Waals surface area (Å²) in [5.74, 6) is 0. The minimum atomic E-state index is 0.124. The predicted molar refractivity (Wildman–Crippen MR) is 61.4 cm³/mol. The van der Waals surface area contributed by atoms with E-state index in [1.165, 1.54) is 11.1 Å². The lowest BCUT2D eigenvalue weighted by molar-refractivity contribution is 0.868. The number of nitrogens with two attached hydrogens (primary N) is 1. The second-order valence-corrected chi connectivity index (χ2v) is 4.15. The molecule has 1 nitrogen and oxygen atoms in total. The van der Waals surface area contributed by atoms with Crippen molar-refractivity contribution in [1.29, 1.82) is 0 Å². The van der Waals surface area contributed by atoms with Gasteiger partial charge in [0.1, 0.15) is 0 Å². The molecule has 1 atom stereocenters. The van der Waals surface area contributed by atoms with Gasteiger partial charge in [-0.05, 0) is 31.5 Å². The highest BCUT2D eigenvalue weighted by atomic mass is 79.9. The van der Waals surface area contributed by atoms with Crippen LogP contribution in [0.15, 0.2) is 34.3 Å². The van der Waals surface area contributed by atoms with E-state index in [9.17, 15) is 0 Å². The molecule has 0 fully saturated rings. The second-order valence-electron chi connectivity index (χ2n) is 3.23. The minimum Gasteiger partial charge on any atom is -0.324 e. The summed E-state index contributed by atoms with van der Waals surface area (Å²) in [5.41, 5.74) is 8.12. The number of hydrogen-bond donors (Lipinski definition) is 1. The summed E-state index contributed by atoms with van der Waals surface area (Å²) in [4.78, 5) is 0. The van der Waals surface area contributed by atoms with Crippen LogP contribution in [-0.2, 0) is 0 Å². The fourth-order valence-electron chi connectivity index (χ4n) is 0.991. The molecule has 0 spiro atoms. The summed E-state index contributed by atoms with van der Waals surface area (Å²) >= 11 is 3.43. The van der Waals surface area contributed by atoms with Gasteiger partial charge in [0.2, 0.25) is 0 Å². The largest absolute Gasteiger partial charge is 0.324 e. The third-order valence-electron chi connectivity index (χ3n) is 1.96. The standard InChI is InChI=1S/C11H14BrN/c1-8(9(2)13)6-10-4-3-5-11(12)7-10/h3-7,9H,13H2,1-2H3/b8-6+. The van der Waals surface area contributed by atoms with Crippen molar-refractivity contribution in [3.8, 4) is 0 Å². The van der Waals surface area contributed by atoms with Crippen molar-refractivity contribution in [2.75, 3.05) is 0 Å².